The summed E-state index contributed by atoms with van der Waals surface area (Å²) in [5.74, 6) is -0.616. The van der Waals surface area contributed by atoms with Crippen molar-refractivity contribution >= 4 is 22.9 Å². The summed E-state index contributed by atoms with van der Waals surface area (Å²) in [6.07, 6.45) is 3.87. The summed E-state index contributed by atoms with van der Waals surface area (Å²) in [7, 11) is 0. The average Bonchev–Trinajstić information content (AvgIpc) is 2.80. The molecule has 4 heteroatoms. The predicted octanol–water partition coefficient (Wildman–Crippen LogP) is 2.64. The molecule has 1 fully saturated rings. The lowest BCUT2D eigenvalue weighted by molar-refractivity contribution is -0.130. The summed E-state index contributed by atoms with van der Waals surface area (Å²) in [5.41, 5.74) is 0.408. The molecule has 0 bridgehead atoms. The van der Waals surface area contributed by atoms with E-state index in [0.29, 0.717) is 12.2 Å². The Morgan fingerprint density at radius 2 is 2.50 bits per heavy atom. The Labute approximate surface area is 98.4 Å². The number of carbonyl (C=O) groups is 1. The molecule has 86 valence electrons. The van der Waals surface area contributed by atoms with Gasteiger partial charge < -0.3 is 9.84 Å². The number of thiophene rings is 1. The summed E-state index contributed by atoms with van der Waals surface area (Å²) in [6.45, 7) is 1.44. The van der Waals surface area contributed by atoms with Gasteiger partial charge in [0.15, 0.2) is 0 Å². The van der Waals surface area contributed by atoms with Crippen molar-refractivity contribution in [2.75, 3.05) is 13.2 Å². The van der Waals surface area contributed by atoms with Crippen molar-refractivity contribution in [1.82, 2.24) is 0 Å². The second-order valence-electron chi connectivity index (χ2n) is 3.84. The van der Waals surface area contributed by atoms with Crippen LogP contribution in [0.15, 0.2) is 23.6 Å². The molecule has 2 heterocycles. The second-order valence-corrected chi connectivity index (χ2v) is 4.79. The average molecular weight is 238 g/mol. The van der Waals surface area contributed by atoms with Crippen molar-refractivity contribution in [3.8, 4) is 0 Å². The highest BCUT2D eigenvalue weighted by Gasteiger charge is 2.17. The Hall–Kier alpha value is -1.13. The maximum absolute atomic E-state index is 11.2. The number of hydrogen-bond acceptors (Lipinski definition) is 3. The number of rotatable bonds is 3. The maximum Gasteiger partial charge on any atom is 0.336 e. The summed E-state index contributed by atoms with van der Waals surface area (Å²) < 4.78 is 5.35. The van der Waals surface area contributed by atoms with Crippen LogP contribution < -0.4 is 0 Å². The summed E-state index contributed by atoms with van der Waals surface area (Å²) in [4.78, 5) is 12.0. The van der Waals surface area contributed by atoms with Gasteiger partial charge in [-0.1, -0.05) is 12.1 Å². The van der Waals surface area contributed by atoms with Crippen LogP contribution in [0.1, 0.15) is 17.7 Å². The molecule has 0 aromatic carbocycles. The second kappa shape index (κ2) is 5.27. The fourth-order valence-corrected chi connectivity index (χ4v) is 2.57. The van der Waals surface area contributed by atoms with Crippen molar-refractivity contribution in [3.05, 3.63) is 28.5 Å². The summed E-state index contributed by atoms with van der Waals surface area (Å²) in [5, 5.41) is 11.1. The van der Waals surface area contributed by atoms with Crippen LogP contribution in [0.25, 0.3) is 5.57 Å². The first kappa shape index (κ1) is 11.4. The number of aliphatic carboxylic acids is 1. The smallest absolute Gasteiger partial charge is 0.336 e. The SMILES string of the molecule is O=C(O)C(=CC1CCCOC1)c1cccs1. The molecule has 0 spiro atoms. The normalized spacial score (nSPS) is 22.0. The van der Waals surface area contributed by atoms with Gasteiger partial charge >= 0.3 is 5.97 Å². The highest BCUT2D eigenvalue weighted by atomic mass is 32.1. The zero-order chi connectivity index (χ0) is 11.4. The van der Waals surface area contributed by atoms with Gasteiger partial charge in [0.05, 0.1) is 12.2 Å². The number of hydrogen-bond donors (Lipinski definition) is 1. The van der Waals surface area contributed by atoms with Crippen molar-refractivity contribution in [1.29, 1.82) is 0 Å². The van der Waals surface area contributed by atoms with E-state index in [9.17, 15) is 9.90 Å². The maximum atomic E-state index is 11.2. The molecular formula is C12H14O3S. The van der Waals surface area contributed by atoms with Gasteiger partial charge in [0.25, 0.3) is 0 Å². The Morgan fingerprint density at radius 1 is 1.62 bits per heavy atom. The highest BCUT2D eigenvalue weighted by Crippen LogP contribution is 2.25. The highest BCUT2D eigenvalue weighted by molar-refractivity contribution is 7.11. The van der Waals surface area contributed by atoms with E-state index in [-0.39, 0.29) is 5.92 Å². The number of carboxylic acid groups (broad SMARTS) is 1. The van der Waals surface area contributed by atoms with Crippen LogP contribution in [-0.4, -0.2) is 24.3 Å². The molecule has 16 heavy (non-hydrogen) atoms. The minimum absolute atomic E-state index is 0.238. The lowest BCUT2D eigenvalue weighted by Crippen LogP contribution is -2.16. The van der Waals surface area contributed by atoms with E-state index in [2.05, 4.69) is 0 Å². The third-order valence-electron chi connectivity index (χ3n) is 2.61. The molecule has 2 rings (SSSR count). The van der Waals surface area contributed by atoms with E-state index < -0.39 is 5.97 Å². The van der Waals surface area contributed by atoms with Crippen LogP contribution in [0.3, 0.4) is 0 Å². The monoisotopic (exact) mass is 238 g/mol. The van der Waals surface area contributed by atoms with E-state index in [1.807, 2.05) is 23.6 Å². The number of ether oxygens (including phenoxy) is 1. The van der Waals surface area contributed by atoms with Crippen LogP contribution in [0.5, 0.6) is 0 Å². The zero-order valence-corrected chi connectivity index (χ0v) is 9.70. The third-order valence-corrected chi connectivity index (χ3v) is 3.52. The molecule has 1 unspecified atom stereocenters. The molecule has 1 aromatic heterocycles. The molecule has 0 aliphatic carbocycles. The van der Waals surface area contributed by atoms with Crippen LogP contribution in [-0.2, 0) is 9.53 Å². The van der Waals surface area contributed by atoms with E-state index in [1.54, 1.807) is 0 Å². The van der Waals surface area contributed by atoms with Gasteiger partial charge in [0.1, 0.15) is 0 Å². The minimum atomic E-state index is -0.854. The quantitative estimate of drug-likeness (QED) is 0.823. The largest absolute Gasteiger partial charge is 0.478 e. The zero-order valence-electron chi connectivity index (χ0n) is 8.89. The molecule has 0 radical (unpaired) electrons. The van der Waals surface area contributed by atoms with Crippen molar-refractivity contribution in [2.24, 2.45) is 5.92 Å². The molecular weight excluding hydrogens is 224 g/mol. The topological polar surface area (TPSA) is 46.5 Å². The minimum Gasteiger partial charge on any atom is -0.478 e. The molecule has 1 aromatic rings. The fourth-order valence-electron chi connectivity index (χ4n) is 1.82. The Bertz CT molecular complexity index is 375. The van der Waals surface area contributed by atoms with Crippen molar-refractivity contribution in [3.63, 3.8) is 0 Å². The van der Waals surface area contributed by atoms with Crippen LogP contribution in [0.4, 0.5) is 0 Å². The molecule has 3 nitrogen and oxygen atoms in total. The van der Waals surface area contributed by atoms with Gasteiger partial charge in [-0.3, -0.25) is 0 Å². The Morgan fingerprint density at radius 3 is 3.06 bits per heavy atom. The predicted molar refractivity (Wildman–Crippen MR) is 63.5 cm³/mol. The van der Waals surface area contributed by atoms with Crippen molar-refractivity contribution in [2.45, 2.75) is 12.8 Å². The van der Waals surface area contributed by atoms with Crippen molar-refractivity contribution < 1.29 is 14.6 Å². The lowest BCUT2D eigenvalue weighted by Gasteiger charge is -2.19. The van der Waals surface area contributed by atoms with Gasteiger partial charge in [-0.25, -0.2) is 4.79 Å². The molecule has 1 aliphatic heterocycles. The lowest BCUT2D eigenvalue weighted by atomic mass is 9.98. The summed E-state index contributed by atoms with van der Waals surface area (Å²) >= 11 is 1.46. The molecule has 1 atom stereocenters. The van der Waals surface area contributed by atoms with Gasteiger partial charge in [-0.15, -0.1) is 11.3 Å². The van der Waals surface area contributed by atoms with Crippen LogP contribution in [0, 0.1) is 5.92 Å². The fraction of sp³-hybridized carbons (Fsp3) is 0.417. The first-order chi connectivity index (χ1) is 7.77. The van der Waals surface area contributed by atoms with E-state index >= 15 is 0 Å². The Kier molecular flexibility index (Phi) is 3.74. The molecule has 1 N–H and O–H groups in total. The first-order valence-corrected chi connectivity index (χ1v) is 6.22. The van der Waals surface area contributed by atoms with Gasteiger partial charge in [-0.2, -0.15) is 0 Å². The van der Waals surface area contributed by atoms with Gasteiger partial charge in [0.2, 0.25) is 0 Å². The number of carboxylic acids is 1. The van der Waals surface area contributed by atoms with Gasteiger partial charge in [-0.05, 0) is 24.3 Å². The first-order valence-electron chi connectivity index (χ1n) is 5.34. The molecule has 0 amide bonds. The summed E-state index contributed by atoms with van der Waals surface area (Å²) in [6, 6.07) is 3.71. The van der Waals surface area contributed by atoms with E-state index in [1.165, 1.54) is 11.3 Å². The van der Waals surface area contributed by atoms with E-state index in [4.69, 9.17) is 4.74 Å². The molecule has 0 saturated carbocycles. The van der Waals surface area contributed by atoms with Crippen LogP contribution in [0.2, 0.25) is 0 Å². The standard InChI is InChI=1S/C12H14O3S/c13-12(14)10(11-4-2-6-16-11)7-9-3-1-5-15-8-9/h2,4,6-7,9H,1,3,5,8H2,(H,13,14). The van der Waals surface area contributed by atoms with Gasteiger partial charge in [0, 0.05) is 17.4 Å². The van der Waals surface area contributed by atoms with Crippen LogP contribution >= 0.6 is 11.3 Å². The molecule has 1 aliphatic rings. The molecule has 1 saturated heterocycles. The third kappa shape index (κ3) is 2.71. The Balaban J connectivity index is 2.18. The van der Waals surface area contributed by atoms with E-state index in [0.717, 1.165) is 24.3 Å².